The quantitative estimate of drug-likeness (QED) is 0.817. The minimum absolute atomic E-state index is 0.0452. The maximum atomic E-state index is 11.5. The van der Waals surface area contributed by atoms with E-state index in [-0.39, 0.29) is 5.92 Å². The molecular formula is C16H25O4P. The van der Waals surface area contributed by atoms with Crippen molar-refractivity contribution < 1.29 is 18.9 Å². The molecule has 0 saturated heterocycles. The van der Waals surface area contributed by atoms with Gasteiger partial charge in [0.15, 0.2) is 0 Å². The van der Waals surface area contributed by atoms with Gasteiger partial charge in [0.2, 0.25) is 0 Å². The molecule has 4 nitrogen and oxygen atoms in total. The average molecular weight is 312 g/mol. The van der Waals surface area contributed by atoms with E-state index in [1.807, 2.05) is 13.0 Å². The van der Waals surface area contributed by atoms with Gasteiger partial charge in [-0.15, -0.1) is 0 Å². The van der Waals surface area contributed by atoms with Gasteiger partial charge in [-0.3, -0.25) is 4.52 Å². The fourth-order valence-corrected chi connectivity index (χ4v) is 4.46. The Kier molecular flexibility index (Phi) is 4.94. The van der Waals surface area contributed by atoms with Gasteiger partial charge in [-0.2, -0.15) is 0 Å². The zero-order valence-electron chi connectivity index (χ0n) is 13.0. The second kappa shape index (κ2) is 6.21. The zero-order valence-corrected chi connectivity index (χ0v) is 13.9. The maximum Gasteiger partial charge on any atom is 0.470 e. The number of hydrogen-bond donors (Lipinski definition) is 2. The fourth-order valence-electron chi connectivity index (χ4n) is 3.63. The van der Waals surface area contributed by atoms with Gasteiger partial charge in [0.25, 0.3) is 0 Å². The molecule has 1 aliphatic rings. The fraction of sp³-hybridized carbons (Fsp3) is 0.625. The lowest BCUT2D eigenvalue weighted by molar-refractivity contribution is -0.0189. The molecule has 1 saturated carbocycles. The van der Waals surface area contributed by atoms with Crippen LogP contribution in [0.15, 0.2) is 18.2 Å². The lowest BCUT2D eigenvalue weighted by atomic mass is 9.69. The SMILES string of the molecule is CCC1(OP(=O)(O)O)CCCCC1c1cccc(C)c1C. The lowest BCUT2D eigenvalue weighted by Gasteiger charge is -2.44. The molecule has 2 atom stereocenters. The van der Waals surface area contributed by atoms with Crippen molar-refractivity contribution in [3.05, 3.63) is 34.9 Å². The van der Waals surface area contributed by atoms with Crippen molar-refractivity contribution in [1.29, 1.82) is 0 Å². The van der Waals surface area contributed by atoms with Gasteiger partial charge in [0.1, 0.15) is 0 Å². The Balaban J connectivity index is 2.47. The number of phosphoric acid groups is 1. The average Bonchev–Trinajstić information content (AvgIpc) is 2.41. The summed E-state index contributed by atoms with van der Waals surface area (Å²) in [5.41, 5.74) is 2.83. The van der Waals surface area contributed by atoms with E-state index in [1.165, 1.54) is 16.7 Å². The minimum Gasteiger partial charge on any atom is -0.303 e. The first-order valence-corrected chi connectivity index (χ1v) is 9.14. The largest absolute Gasteiger partial charge is 0.470 e. The highest BCUT2D eigenvalue weighted by molar-refractivity contribution is 7.46. The lowest BCUT2D eigenvalue weighted by Crippen LogP contribution is -2.41. The van der Waals surface area contributed by atoms with Crippen LogP contribution in [0.1, 0.15) is 61.6 Å². The Morgan fingerprint density at radius 3 is 2.67 bits per heavy atom. The second-order valence-corrected chi connectivity index (χ2v) is 7.25. The van der Waals surface area contributed by atoms with Crippen molar-refractivity contribution in [2.24, 2.45) is 0 Å². The molecule has 2 N–H and O–H groups in total. The van der Waals surface area contributed by atoms with E-state index in [4.69, 9.17) is 4.52 Å². The van der Waals surface area contributed by atoms with Crippen molar-refractivity contribution in [3.8, 4) is 0 Å². The van der Waals surface area contributed by atoms with Crippen LogP contribution in [-0.4, -0.2) is 15.4 Å². The summed E-state index contributed by atoms with van der Waals surface area (Å²) in [6, 6.07) is 6.16. The van der Waals surface area contributed by atoms with Crippen LogP contribution in [0.2, 0.25) is 0 Å². The van der Waals surface area contributed by atoms with E-state index in [1.54, 1.807) is 0 Å². The Hall–Kier alpha value is -0.670. The Labute approximate surface area is 126 Å². The smallest absolute Gasteiger partial charge is 0.303 e. The van der Waals surface area contributed by atoms with Gasteiger partial charge in [-0.25, -0.2) is 4.57 Å². The van der Waals surface area contributed by atoms with Gasteiger partial charge in [0, 0.05) is 5.92 Å². The molecule has 0 amide bonds. The third-order valence-electron chi connectivity index (χ3n) is 4.90. The highest BCUT2D eigenvalue weighted by Crippen LogP contribution is 2.54. The molecule has 1 aliphatic carbocycles. The molecule has 118 valence electrons. The number of hydrogen-bond acceptors (Lipinski definition) is 2. The zero-order chi connectivity index (χ0) is 15.7. The molecule has 1 aromatic rings. The second-order valence-electron chi connectivity index (χ2n) is 6.09. The van der Waals surface area contributed by atoms with E-state index in [0.29, 0.717) is 12.8 Å². The Morgan fingerprint density at radius 1 is 1.33 bits per heavy atom. The molecule has 0 spiro atoms. The van der Waals surface area contributed by atoms with E-state index in [0.717, 1.165) is 19.3 Å². The number of benzene rings is 1. The van der Waals surface area contributed by atoms with Gasteiger partial charge in [-0.05, 0) is 49.8 Å². The van der Waals surface area contributed by atoms with Crippen molar-refractivity contribution >= 4 is 7.82 Å². The van der Waals surface area contributed by atoms with Gasteiger partial charge in [-0.1, -0.05) is 38.0 Å². The summed E-state index contributed by atoms with van der Waals surface area (Å²) >= 11 is 0. The summed E-state index contributed by atoms with van der Waals surface area (Å²) in [4.78, 5) is 18.7. The highest BCUT2D eigenvalue weighted by atomic mass is 31.2. The molecule has 5 heteroatoms. The number of aryl methyl sites for hydroxylation is 1. The molecule has 0 heterocycles. The third kappa shape index (κ3) is 3.57. The first-order chi connectivity index (χ1) is 9.79. The van der Waals surface area contributed by atoms with E-state index >= 15 is 0 Å². The predicted molar refractivity (Wildman–Crippen MR) is 83.3 cm³/mol. The maximum absolute atomic E-state index is 11.5. The standard InChI is InChI=1S/C16H25O4P/c1-4-16(20-21(17,18)19)11-6-5-10-15(16)14-9-7-8-12(2)13(14)3/h7-9,15H,4-6,10-11H2,1-3H3,(H2,17,18,19). The molecule has 0 aliphatic heterocycles. The monoisotopic (exact) mass is 312 g/mol. The molecule has 1 aromatic carbocycles. The summed E-state index contributed by atoms with van der Waals surface area (Å²) in [7, 11) is -4.50. The van der Waals surface area contributed by atoms with Crippen molar-refractivity contribution in [1.82, 2.24) is 0 Å². The minimum atomic E-state index is -4.50. The van der Waals surface area contributed by atoms with Gasteiger partial charge >= 0.3 is 7.82 Å². The van der Waals surface area contributed by atoms with Crippen LogP contribution >= 0.6 is 7.82 Å². The van der Waals surface area contributed by atoms with Crippen LogP contribution in [0, 0.1) is 13.8 Å². The van der Waals surface area contributed by atoms with Gasteiger partial charge < -0.3 is 9.79 Å². The first-order valence-electron chi connectivity index (χ1n) is 7.61. The molecule has 0 bridgehead atoms. The number of rotatable bonds is 4. The summed E-state index contributed by atoms with van der Waals surface area (Å²) < 4.78 is 16.8. The van der Waals surface area contributed by atoms with Crippen LogP contribution in [-0.2, 0) is 9.09 Å². The van der Waals surface area contributed by atoms with Crippen molar-refractivity contribution in [3.63, 3.8) is 0 Å². The summed E-state index contributed by atoms with van der Waals surface area (Å²) in [6.07, 6.45) is 4.25. The van der Waals surface area contributed by atoms with E-state index < -0.39 is 13.4 Å². The predicted octanol–water partition coefficient (Wildman–Crippen LogP) is 4.22. The molecule has 2 rings (SSSR count). The molecule has 0 radical (unpaired) electrons. The first kappa shape index (κ1) is 16.7. The Bertz CT molecular complexity index is 551. The number of phosphoric ester groups is 1. The molecule has 21 heavy (non-hydrogen) atoms. The molecule has 1 fully saturated rings. The Morgan fingerprint density at radius 2 is 2.05 bits per heavy atom. The van der Waals surface area contributed by atoms with E-state index in [9.17, 15) is 14.4 Å². The molecule has 2 unspecified atom stereocenters. The summed E-state index contributed by atoms with van der Waals surface area (Å²) in [5.74, 6) is 0.0452. The normalized spacial score (nSPS) is 26.8. The molecular weight excluding hydrogens is 287 g/mol. The van der Waals surface area contributed by atoms with Crippen molar-refractivity contribution in [2.75, 3.05) is 0 Å². The van der Waals surface area contributed by atoms with Crippen molar-refractivity contribution in [2.45, 2.75) is 64.4 Å². The van der Waals surface area contributed by atoms with Crippen LogP contribution in [0.5, 0.6) is 0 Å². The van der Waals surface area contributed by atoms with Gasteiger partial charge in [0.05, 0.1) is 5.60 Å². The van der Waals surface area contributed by atoms with Crippen LogP contribution in [0.25, 0.3) is 0 Å². The highest BCUT2D eigenvalue weighted by Gasteiger charge is 2.45. The topological polar surface area (TPSA) is 66.8 Å². The van der Waals surface area contributed by atoms with Crippen LogP contribution in [0.4, 0.5) is 0 Å². The van der Waals surface area contributed by atoms with E-state index in [2.05, 4.69) is 26.0 Å². The summed E-state index contributed by atoms with van der Waals surface area (Å²) in [5, 5.41) is 0. The van der Waals surface area contributed by atoms with Crippen LogP contribution in [0.3, 0.4) is 0 Å². The third-order valence-corrected chi connectivity index (χ3v) is 5.50. The molecule has 0 aromatic heterocycles. The van der Waals surface area contributed by atoms with Crippen LogP contribution < -0.4 is 0 Å². The summed E-state index contributed by atoms with van der Waals surface area (Å²) in [6.45, 7) is 6.11.